The van der Waals surface area contributed by atoms with Crippen molar-refractivity contribution in [1.82, 2.24) is 0 Å². The Morgan fingerprint density at radius 1 is 1.53 bits per heavy atom. The number of rotatable bonds is 0. The molecule has 1 aliphatic heterocycles. The second kappa shape index (κ2) is 3.16. The quantitative estimate of drug-likeness (QED) is 0.611. The van der Waals surface area contributed by atoms with Crippen LogP contribution in [0.25, 0.3) is 0 Å². The van der Waals surface area contributed by atoms with Crippen LogP contribution in [0.3, 0.4) is 0 Å². The minimum Gasteiger partial charge on any atom is -0.482 e. The van der Waals surface area contributed by atoms with Gasteiger partial charge in [-0.2, -0.15) is 0 Å². The van der Waals surface area contributed by atoms with Crippen LogP contribution in [0.15, 0.2) is 18.2 Å². The molecule has 2 rings (SSSR count). The van der Waals surface area contributed by atoms with Gasteiger partial charge in [0, 0.05) is 5.69 Å². The second-order valence-electron chi connectivity index (χ2n) is 3.03. The molecular weight excluding hydrogens is 200 g/mol. The number of benzene rings is 1. The molecule has 0 aliphatic carbocycles. The van der Waals surface area contributed by atoms with Crippen molar-refractivity contribution in [3.05, 3.63) is 18.2 Å². The predicted octanol–water partition coefficient (Wildman–Crippen LogP) is 0.672. The molecule has 1 aromatic rings. The van der Waals surface area contributed by atoms with Crippen LogP contribution >= 0.6 is 0 Å². The molecule has 1 aromatic carbocycles. The Bertz CT molecular complexity index is 444. The van der Waals surface area contributed by atoms with Gasteiger partial charge >= 0.3 is 6.09 Å². The number of anilines is 2. The van der Waals surface area contributed by atoms with Crippen LogP contribution in [-0.2, 0) is 4.79 Å². The number of amides is 2. The molecule has 3 N–H and O–H groups in total. The number of carbonyl (C=O) groups is 2. The van der Waals surface area contributed by atoms with Crippen molar-refractivity contribution in [3.8, 4) is 5.75 Å². The summed E-state index contributed by atoms with van der Waals surface area (Å²) < 4.78 is 5.06. The van der Waals surface area contributed by atoms with Gasteiger partial charge in [0.25, 0.3) is 5.91 Å². The zero-order valence-electron chi connectivity index (χ0n) is 7.64. The van der Waals surface area contributed by atoms with Crippen molar-refractivity contribution in [2.24, 2.45) is 0 Å². The summed E-state index contributed by atoms with van der Waals surface area (Å²) in [7, 11) is 0. The van der Waals surface area contributed by atoms with Gasteiger partial charge in [-0.05, 0) is 18.2 Å². The van der Waals surface area contributed by atoms with E-state index in [-0.39, 0.29) is 12.3 Å². The molecule has 0 spiro atoms. The Labute approximate surface area is 84.9 Å². The summed E-state index contributed by atoms with van der Waals surface area (Å²) in [5.41, 5.74) is 6.04. The highest BCUT2D eigenvalue weighted by Crippen LogP contribution is 2.33. The number of fused-ring (bicyclic) bond motifs is 1. The molecule has 1 heterocycles. The summed E-state index contributed by atoms with van der Waals surface area (Å²) in [4.78, 5) is 22.8. The summed E-state index contributed by atoms with van der Waals surface area (Å²) >= 11 is 0. The Kier molecular flexibility index (Phi) is 1.96. The molecule has 0 saturated heterocycles. The second-order valence-corrected chi connectivity index (χ2v) is 3.03. The lowest BCUT2D eigenvalue weighted by Crippen LogP contribution is -2.42. The van der Waals surface area contributed by atoms with Crippen LogP contribution in [0.4, 0.5) is 16.2 Å². The van der Waals surface area contributed by atoms with Gasteiger partial charge in [-0.15, -0.1) is 0 Å². The summed E-state index contributed by atoms with van der Waals surface area (Å²) in [6.45, 7) is -0.275. The van der Waals surface area contributed by atoms with Crippen molar-refractivity contribution in [3.63, 3.8) is 0 Å². The fraction of sp³-hybridized carbons (Fsp3) is 0.111. The number of hydrogen-bond acceptors (Lipinski definition) is 4. The molecule has 0 atom stereocenters. The van der Waals surface area contributed by atoms with Crippen molar-refractivity contribution in [1.29, 1.82) is 0 Å². The first-order valence-corrected chi connectivity index (χ1v) is 4.18. The molecule has 6 heteroatoms. The molecule has 0 radical (unpaired) electrons. The van der Waals surface area contributed by atoms with E-state index in [0.29, 0.717) is 16.3 Å². The van der Waals surface area contributed by atoms with E-state index >= 15 is 0 Å². The first-order chi connectivity index (χ1) is 7.09. The van der Waals surface area contributed by atoms with Crippen LogP contribution in [0.1, 0.15) is 0 Å². The van der Waals surface area contributed by atoms with Crippen LogP contribution in [0, 0.1) is 0 Å². The molecule has 0 saturated carbocycles. The smallest absolute Gasteiger partial charge is 0.418 e. The standard InChI is InChI=1S/C9H8N2O4/c10-5-1-2-7-6(3-5)11(9(13)14)8(12)4-15-7/h1-3H,4,10H2,(H,13,14). The molecule has 0 fully saturated rings. The van der Waals surface area contributed by atoms with Gasteiger partial charge in [-0.25, -0.2) is 9.69 Å². The molecule has 0 bridgehead atoms. The summed E-state index contributed by atoms with van der Waals surface area (Å²) in [5.74, 6) is -0.285. The zero-order chi connectivity index (χ0) is 11.0. The summed E-state index contributed by atoms with van der Waals surface area (Å²) in [6, 6.07) is 4.50. The molecule has 15 heavy (non-hydrogen) atoms. The van der Waals surface area contributed by atoms with Crippen LogP contribution < -0.4 is 15.4 Å². The molecule has 6 nitrogen and oxygen atoms in total. The molecular formula is C9H8N2O4. The predicted molar refractivity (Wildman–Crippen MR) is 51.9 cm³/mol. The molecule has 78 valence electrons. The Morgan fingerprint density at radius 2 is 2.27 bits per heavy atom. The van der Waals surface area contributed by atoms with Gasteiger partial charge in [0.05, 0.1) is 5.69 Å². The van der Waals surface area contributed by atoms with Crippen LogP contribution in [0.5, 0.6) is 5.75 Å². The van der Waals surface area contributed by atoms with E-state index in [0.717, 1.165) is 0 Å². The van der Waals surface area contributed by atoms with Crippen molar-refractivity contribution >= 4 is 23.4 Å². The Morgan fingerprint density at radius 3 is 2.93 bits per heavy atom. The average Bonchev–Trinajstić information content (AvgIpc) is 2.16. The molecule has 0 unspecified atom stereocenters. The highest BCUT2D eigenvalue weighted by atomic mass is 16.5. The van der Waals surface area contributed by atoms with E-state index in [9.17, 15) is 9.59 Å². The maximum Gasteiger partial charge on any atom is 0.418 e. The highest BCUT2D eigenvalue weighted by Gasteiger charge is 2.30. The third-order valence-corrected chi connectivity index (χ3v) is 2.02. The van der Waals surface area contributed by atoms with E-state index < -0.39 is 12.0 Å². The van der Waals surface area contributed by atoms with Gasteiger partial charge in [0.15, 0.2) is 6.61 Å². The lowest BCUT2D eigenvalue weighted by atomic mass is 10.2. The summed E-state index contributed by atoms with van der Waals surface area (Å²) in [6.07, 6.45) is -1.34. The number of imide groups is 1. The maximum atomic E-state index is 11.3. The average molecular weight is 208 g/mol. The van der Waals surface area contributed by atoms with Gasteiger partial charge < -0.3 is 15.6 Å². The molecule has 2 amide bonds. The number of nitrogen functional groups attached to an aromatic ring is 1. The van der Waals surface area contributed by atoms with E-state index in [4.69, 9.17) is 15.6 Å². The van der Waals surface area contributed by atoms with Gasteiger partial charge in [0.2, 0.25) is 0 Å². The van der Waals surface area contributed by atoms with Gasteiger partial charge in [0.1, 0.15) is 5.75 Å². The normalized spacial score (nSPS) is 14.4. The fourth-order valence-corrected chi connectivity index (χ4v) is 1.38. The van der Waals surface area contributed by atoms with E-state index in [1.165, 1.54) is 12.1 Å². The maximum absolute atomic E-state index is 11.3. The minimum absolute atomic E-state index is 0.166. The molecule has 1 aliphatic rings. The SMILES string of the molecule is Nc1ccc2c(c1)N(C(=O)O)C(=O)CO2. The monoisotopic (exact) mass is 208 g/mol. The van der Waals surface area contributed by atoms with Crippen LogP contribution in [-0.4, -0.2) is 23.7 Å². The van der Waals surface area contributed by atoms with Crippen molar-refractivity contribution in [2.45, 2.75) is 0 Å². The van der Waals surface area contributed by atoms with Gasteiger partial charge in [-0.1, -0.05) is 0 Å². The first kappa shape index (κ1) is 9.32. The van der Waals surface area contributed by atoms with E-state index in [2.05, 4.69) is 0 Å². The van der Waals surface area contributed by atoms with Crippen molar-refractivity contribution < 1.29 is 19.4 Å². The van der Waals surface area contributed by atoms with Crippen molar-refractivity contribution in [2.75, 3.05) is 17.2 Å². The minimum atomic E-state index is -1.34. The third-order valence-electron chi connectivity index (χ3n) is 2.02. The lowest BCUT2D eigenvalue weighted by molar-refractivity contribution is -0.120. The fourth-order valence-electron chi connectivity index (χ4n) is 1.38. The Hall–Kier alpha value is -2.24. The number of hydrogen-bond donors (Lipinski definition) is 2. The number of nitrogens with two attached hydrogens (primary N) is 1. The molecule has 0 aromatic heterocycles. The summed E-state index contributed by atoms with van der Waals surface area (Å²) in [5, 5.41) is 8.86. The number of ether oxygens (including phenoxy) is 1. The van der Waals surface area contributed by atoms with Gasteiger partial charge in [-0.3, -0.25) is 4.79 Å². The largest absolute Gasteiger partial charge is 0.482 e. The highest BCUT2D eigenvalue weighted by molar-refractivity contribution is 6.14. The third kappa shape index (κ3) is 1.45. The topological polar surface area (TPSA) is 92.9 Å². The lowest BCUT2D eigenvalue weighted by Gasteiger charge is -2.25. The first-order valence-electron chi connectivity index (χ1n) is 4.18. The van der Waals surface area contributed by atoms with Crippen LogP contribution in [0.2, 0.25) is 0 Å². The van der Waals surface area contributed by atoms with E-state index in [1.54, 1.807) is 6.07 Å². The number of carboxylic acid groups (broad SMARTS) is 1. The number of nitrogens with zero attached hydrogens (tertiary/aromatic N) is 1. The van der Waals surface area contributed by atoms with E-state index in [1.807, 2.05) is 0 Å². The number of carbonyl (C=O) groups excluding carboxylic acids is 1. The zero-order valence-corrected chi connectivity index (χ0v) is 7.64. The Balaban J connectivity index is 2.55.